The van der Waals surface area contributed by atoms with E-state index in [1.165, 1.54) is 0 Å². The van der Waals surface area contributed by atoms with E-state index in [9.17, 15) is 13.6 Å². The minimum Gasteiger partial charge on any atom is -0.375 e. The predicted octanol–water partition coefficient (Wildman–Crippen LogP) is 2.34. The van der Waals surface area contributed by atoms with E-state index in [4.69, 9.17) is 0 Å². The molecule has 6 heteroatoms. The summed E-state index contributed by atoms with van der Waals surface area (Å²) >= 11 is 3.30. The predicted molar refractivity (Wildman–Crippen MR) is 62.1 cm³/mol. The second kappa shape index (κ2) is 7.95. The van der Waals surface area contributed by atoms with Crippen LogP contribution in [0.15, 0.2) is 0 Å². The van der Waals surface area contributed by atoms with Crippen molar-refractivity contribution in [2.45, 2.75) is 38.7 Å². The summed E-state index contributed by atoms with van der Waals surface area (Å²) in [6, 6.07) is 0. The van der Waals surface area contributed by atoms with Crippen LogP contribution in [0.1, 0.15) is 26.7 Å². The first-order chi connectivity index (χ1) is 7.37. The van der Waals surface area contributed by atoms with Gasteiger partial charge in [0.2, 0.25) is 5.91 Å². The van der Waals surface area contributed by atoms with Gasteiger partial charge >= 0.3 is 0 Å². The Labute approximate surface area is 103 Å². The minimum atomic E-state index is -2.48. The molecule has 1 amide bonds. The van der Waals surface area contributed by atoms with Crippen LogP contribution < -0.4 is 5.32 Å². The third-order valence-electron chi connectivity index (χ3n) is 1.91. The fourth-order valence-corrected chi connectivity index (χ4v) is 2.07. The van der Waals surface area contributed by atoms with E-state index in [0.29, 0.717) is 0 Å². The first kappa shape index (κ1) is 15.8. The molecule has 0 saturated heterocycles. The lowest BCUT2D eigenvalue weighted by Crippen LogP contribution is -2.44. The van der Waals surface area contributed by atoms with Gasteiger partial charge in [0.05, 0.1) is 6.61 Å². The Hall–Kier alpha value is -0.230. The van der Waals surface area contributed by atoms with E-state index in [0.717, 1.165) is 11.8 Å². The van der Waals surface area contributed by atoms with Gasteiger partial charge in [-0.3, -0.25) is 4.79 Å². The standard InChI is InChI=1S/C10H18BrF2NO2/c1-10(2,4-5-11)14-9(15)3-6-16-7-8(12)13/h8H,3-7H2,1-2H3,(H,14,15). The van der Waals surface area contributed by atoms with E-state index in [-0.39, 0.29) is 24.5 Å². The van der Waals surface area contributed by atoms with Crippen LogP contribution in [0.2, 0.25) is 0 Å². The summed E-state index contributed by atoms with van der Waals surface area (Å²) in [5.41, 5.74) is -0.288. The molecule has 96 valence electrons. The number of hydrogen-bond acceptors (Lipinski definition) is 2. The van der Waals surface area contributed by atoms with E-state index >= 15 is 0 Å². The van der Waals surface area contributed by atoms with E-state index in [2.05, 4.69) is 26.0 Å². The van der Waals surface area contributed by atoms with Gasteiger partial charge in [-0.2, -0.15) is 0 Å². The van der Waals surface area contributed by atoms with Crippen molar-refractivity contribution >= 4 is 21.8 Å². The minimum absolute atomic E-state index is 0.0283. The third-order valence-corrected chi connectivity index (χ3v) is 2.31. The molecule has 0 radical (unpaired) electrons. The van der Waals surface area contributed by atoms with Gasteiger partial charge in [0, 0.05) is 17.3 Å². The molecule has 0 aliphatic heterocycles. The molecule has 1 N–H and O–H groups in total. The second-order valence-corrected chi connectivity index (χ2v) is 4.88. The SMILES string of the molecule is CC(C)(CCBr)NC(=O)CCOCC(F)F. The van der Waals surface area contributed by atoms with Crippen LogP contribution in [0.25, 0.3) is 0 Å². The number of hydrogen-bond donors (Lipinski definition) is 1. The largest absolute Gasteiger partial charge is 0.375 e. The van der Waals surface area contributed by atoms with Gasteiger partial charge < -0.3 is 10.1 Å². The number of ether oxygens (including phenoxy) is 1. The molecule has 0 unspecified atom stereocenters. The van der Waals surface area contributed by atoms with Crippen molar-refractivity contribution in [3.63, 3.8) is 0 Å². The van der Waals surface area contributed by atoms with Crippen molar-refractivity contribution in [2.75, 3.05) is 18.5 Å². The zero-order valence-corrected chi connectivity index (χ0v) is 11.1. The van der Waals surface area contributed by atoms with Crippen LogP contribution in [0.4, 0.5) is 8.78 Å². The molecular weight excluding hydrogens is 284 g/mol. The van der Waals surface area contributed by atoms with Crippen LogP contribution >= 0.6 is 15.9 Å². The zero-order chi connectivity index (χ0) is 12.6. The maximum absolute atomic E-state index is 11.7. The molecule has 0 aliphatic rings. The normalized spacial score (nSPS) is 11.9. The molecule has 0 aromatic rings. The first-order valence-corrected chi connectivity index (χ1v) is 6.22. The lowest BCUT2D eigenvalue weighted by atomic mass is 10.0. The van der Waals surface area contributed by atoms with Gasteiger partial charge in [-0.15, -0.1) is 0 Å². The summed E-state index contributed by atoms with van der Waals surface area (Å²) in [5.74, 6) is -0.180. The van der Waals surface area contributed by atoms with Crippen molar-refractivity contribution in [2.24, 2.45) is 0 Å². The Bertz CT molecular complexity index is 213. The van der Waals surface area contributed by atoms with Crippen LogP contribution in [0.3, 0.4) is 0 Å². The van der Waals surface area contributed by atoms with E-state index in [1.807, 2.05) is 13.8 Å². The van der Waals surface area contributed by atoms with Crippen LogP contribution in [-0.2, 0) is 9.53 Å². The summed E-state index contributed by atoms with van der Waals surface area (Å²) in [5, 5.41) is 3.60. The molecule has 0 atom stereocenters. The summed E-state index contributed by atoms with van der Waals surface area (Å²) in [7, 11) is 0. The van der Waals surface area contributed by atoms with E-state index in [1.54, 1.807) is 0 Å². The quantitative estimate of drug-likeness (QED) is 0.552. The fraction of sp³-hybridized carbons (Fsp3) is 0.900. The maximum atomic E-state index is 11.7. The molecular formula is C10H18BrF2NO2. The number of nitrogens with one attached hydrogen (secondary N) is 1. The Balaban J connectivity index is 3.66. The summed E-state index contributed by atoms with van der Waals surface area (Å²) in [6.45, 7) is 3.23. The second-order valence-electron chi connectivity index (χ2n) is 4.09. The number of carbonyl (C=O) groups is 1. The monoisotopic (exact) mass is 301 g/mol. The third kappa shape index (κ3) is 9.03. The highest BCUT2D eigenvalue weighted by Gasteiger charge is 2.19. The van der Waals surface area contributed by atoms with Crippen LogP contribution in [-0.4, -0.2) is 36.4 Å². The van der Waals surface area contributed by atoms with Crippen molar-refractivity contribution < 1.29 is 18.3 Å². The topological polar surface area (TPSA) is 38.3 Å². The molecule has 0 aliphatic carbocycles. The number of alkyl halides is 3. The fourth-order valence-electron chi connectivity index (χ4n) is 1.08. The highest BCUT2D eigenvalue weighted by atomic mass is 79.9. The van der Waals surface area contributed by atoms with Gasteiger partial charge in [0.15, 0.2) is 0 Å². The lowest BCUT2D eigenvalue weighted by Gasteiger charge is -2.25. The average Bonchev–Trinajstić information content (AvgIpc) is 2.11. The zero-order valence-electron chi connectivity index (χ0n) is 9.56. The summed E-state index contributed by atoms with van der Waals surface area (Å²) in [4.78, 5) is 11.4. The molecule has 0 aromatic carbocycles. The van der Waals surface area contributed by atoms with Gasteiger partial charge in [-0.1, -0.05) is 15.9 Å². The van der Waals surface area contributed by atoms with Crippen LogP contribution in [0, 0.1) is 0 Å². The molecule has 0 rings (SSSR count). The lowest BCUT2D eigenvalue weighted by molar-refractivity contribution is -0.124. The molecule has 0 heterocycles. The van der Waals surface area contributed by atoms with Gasteiger partial charge in [0.1, 0.15) is 6.61 Å². The number of rotatable bonds is 8. The van der Waals surface area contributed by atoms with Crippen molar-refractivity contribution in [1.29, 1.82) is 0 Å². The van der Waals surface area contributed by atoms with Gasteiger partial charge in [-0.05, 0) is 20.3 Å². The Morgan fingerprint density at radius 1 is 1.50 bits per heavy atom. The van der Waals surface area contributed by atoms with Gasteiger partial charge in [-0.25, -0.2) is 8.78 Å². The molecule has 0 bridgehead atoms. The maximum Gasteiger partial charge on any atom is 0.261 e. The number of carbonyl (C=O) groups excluding carboxylic acids is 1. The van der Waals surface area contributed by atoms with Gasteiger partial charge in [0.25, 0.3) is 6.43 Å². The number of amides is 1. The van der Waals surface area contributed by atoms with Crippen LogP contribution in [0.5, 0.6) is 0 Å². The molecule has 0 spiro atoms. The summed E-state index contributed by atoms with van der Waals surface area (Å²) < 4.78 is 28.0. The molecule has 0 saturated carbocycles. The van der Waals surface area contributed by atoms with Crippen molar-refractivity contribution in [3.05, 3.63) is 0 Å². The van der Waals surface area contributed by atoms with Crippen molar-refractivity contribution in [1.82, 2.24) is 5.32 Å². The Morgan fingerprint density at radius 3 is 2.62 bits per heavy atom. The highest BCUT2D eigenvalue weighted by Crippen LogP contribution is 2.10. The first-order valence-electron chi connectivity index (χ1n) is 5.10. The average molecular weight is 302 g/mol. The number of halogens is 3. The van der Waals surface area contributed by atoms with Crippen molar-refractivity contribution in [3.8, 4) is 0 Å². The Kier molecular flexibility index (Phi) is 7.83. The van der Waals surface area contributed by atoms with E-state index < -0.39 is 13.0 Å². The smallest absolute Gasteiger partial charge is 0.261 e. The molecule has 0 aromatic heterocycles. The molecule has 0 fully saturated rings. The highest BCUT2D eigenvalue weighted by molar-refractivity contribution is 9.09. The Morgan fingerprint density at radius 2 is 2.12 bits per heavy atom. The molecule has 3 nitrogen and oxygen atoms in total. The summed E-state index contributed by atoms with van der Waals surface area (Å²) in [6.07, 6.45) is -1.57. The molecule has 16 heavy (non-hydrogen) atoms.